The zero-order valence-electron chi connectivity index (χ0n) is 10.4. The van der Waals surface area contributed by atoms with Gasteiger partial charge >= 0.3 is 5.97 Å². The molecule has 1 amide bonds. The maximum atomic E-state index is 11.6. The molecule has 1 aliphatic rings. The molecule has 0 saturated carbocycles. The van der Waals surface area contributed by atoms with Crippen LogP contribution >= 0.6 is 0 Å². The lowest BCUT2D eigenvalue weighted by Crippen LogP contribution is -2.41. The number of rotatable bonds is 3. The predicted molar refractivity (Wildman–Crippen MR) is 69.1 cm³/mol. The van der Waals surface area contributed by atoms with Gasteiger partial charge in [-0.2, -0.15) is 0 Å². The van der Waals surface area contributed by atoms with Gasteiger partial charge in [0.05, 0.1) is 23.5 Å². The highest BCUT2D eigenvalue weighted by Crippen LogP contribution is 2.33. The Morgan fingerprint density at radius 3 is 2.83 bits per heavy atom. The molecule has 96 valence electrons. The quantitative estimate of drug-likeness (QED) is 0.855. The minimum absolute atomic E-state index is 0.106. The van der Waals surface area contributed by atoms with E-state index in [1.54, 1.807) is 18.2 Å². The lowest BCUT2D eigenvalue weighted by atomic mass is 10.1. The molecule has 1 heterocycles. The summed E-state index contributed by atoms with van der Waals surface area (Å²) in [5, 5.41) is 11.9. The van der Waals surface area contributed by atoms with Gasteiger partial charge in [-0.25, -0.2) is 4.79 Å². The average molecular weight is 248 g/mol. The second-order valence-corrected chi connectivity index (χ2v) is 4.83. The van der Waals surface area contributed by atoms with Gasteiger partial charge in [-0.15, -0.1) is 0 Å². The number of amides is 1. The average Bonchev–Trinajstić information content (AvgIpc) is 2.26. The number of nitrogens with zero attached hydrogens (tertiary/aromatic N) is 1. The number of carbonyl (C=O) groups is 2. The molecule has 1 aromatic rings. The maximum absolute atomic E-state index is 11.6. The number of benzene rings is 1. The zero-order chi connectivity index (χ0) is 13.3. The molecule has 0 aliphatic carbocycles. The molecular formula is C13H16N2O3. The van der Waals surface area contributed by atoms with E-state index in [4.69, 9.17) is 0 Å². The summed E-state index contributed by atoms with van der Waals surface area (Å²) in [5.41, 5.74) is 1.42. The van der Waals surface area contributed by atoms with Crippen molar-refractivity contribution in [3.05, 3.63) is 23.8 Å². The fourth-order valence-corrected chi connectivity index (χ4v) is 2.20. The molecule has 0 saturated heterocycles. The Hall–Kier alpha value is -2.04. The van der Waals surface area contributed by atoms with E-state index >= 15 is 0 Å². The number of carboxylic acid groups (broad SMARTS) is 1. The van der Waals surface area contributed by atoms with E-state index in [0.717, 1.165) is 0 Å². The van der Waals surface area contributed by atoms with Gasteiger partial charge in [0.15, 0.2) is 0 Å². The van der Waals surface area contributed by atoms with Gasteiger partial charge < -0.3 is 15.3 Å². The van der Waals surface area contributed by atoms with Crippen molar-refractivity contribution < 1.29 is 14.7 Å². The van der Waals surface area contributed by atoms with Gasteiger partial charge in [-0.3, -0.25) is 4.79 Å². The molecule has 0 fully saturated rings. The normalized spacial score (nSPS) is 14.4. The first kappa shape index (κ1) is 12.4. The van der Waals surface area contributed by atoms with Crippen molar-refractivity contribution in [2.75, 3.05) is 23.3 Å². The van der Waals surface area contributed by atoms with Crippen LogP contribution in [0.2, 0.25) is 0 Å². The van der Waals surface area contributed by atoms with Crippen LogP contribution in [0.5, 0.6) is 0 Å². The second-order valence-electron chi connectivity index (χ2n) is 4.83. The Balaban J connectivity index is 2.49. The van der Waals surface area contributed by atoms with E-state index in [1.165, 1.54) is 0 Å². The van der Waals surface area contributed by atoms with E-state index in [9.17, 15) is 14.7 Å². The Bertz CT molecular complexity index is 497. The predicted octanol–water partition coefficient (Wildman–Crippen LogP) is 1.80. The van der Waals surface area contributed by atoms with Crippen molar-refractivity contribution in [1.82, 2.24) is 0 Å². The van der Waals surface area contributed by atoms with Crippen molar-refractivity contribution >= 4 is 23.3 Å². The summed E-state index contributed by atoms with van der Waals surface area (Å²) < 4.78 is 0. The van der Waals surface area contributed by atoms with Gasteiger partial charge in [0.25, 0.3) is 0 Å². The first-order valence-corrected chi connectivity index (χ1v) is 5.90. The summed E-state index contributed by atoms with van der Waals surface area (Å²) >= 11 is 0. The van der Waals surface area contributed by atoms with Crippen LogP contribution in [0.4, 0.5) is 11.4 Å². The molecule has 0 atom stereocenters. The van der Waals surface area contributed by atoms with Crippen molar-refractivity contribution in [2.24, 2.45) is 5.92 Å². The number of carbonyl (C=O) groups excluding carboxylic acids is 1. The van der Waals surface area contributed by atoms with Crippen LogP contribution in [0.1, 0.15) is 24.2 Å². The van der Waals surface area contributed by atoms with Crippen molar-refractivity contribution in [2.45, 2.75) is 13.8 Å². The molecule has 0 aromatic heterocycles. The fourth-order valence-electron chi connectivity index (χ4n) is 2.20. The maximum Gasteiger partial charge on any atom is 0.337 e. The summed E-state index contributed by atoms with van der Waals surface area (Å²) in [6.45, 7) is 4.94. The molecule has 0 spiro atoms. The number of carboxylic acids is 1. The van der Waals surface area contributed by atoms with Crippen molar-refractivity contribution in [3.63, 3.8) is 0 Å². The van der Waals surface area contributed by atoms with Gasteiger partial charge in [0.1, 0.15) is 0 Å². The monoisotopic (exact) mass is 248 g/mol. The summed E-state index contributed by atoms with van der Waals surface area (Å²) in [4.78, 5) is 24.7. The molecule has 2 rings (SSSR count). The zero-order valence-corrected chi connectivity index (χ0v) is 10.4. The number of anilines is 2. The molecule has 1 aliphatic heterocycles. The van der Waals surface area contributed by atoms with Crippen LogP contribution in [-0.2, 0) is 4.79 Å². The van der Waals surface area contributed by atoms with Gasteiger partial charge in [0, 0.05) is 6.54 Å². The number of aromatic carboxylic acids is 1. The standard InChI is InChI=1S/C13H16N2O3/c1-8(2)6-15-7-11(16)14-10-5-3-4-9(12(10)15)13(17)18/h3-5,8H,6-7H2,1-2H3,(H,14,16)(H,17,18). The van der Waals surface area contributed by atoms with Crippen LogP contribution in [-0.4, -0.2) is 30.1 Å². The molecule has 0 radical (unpaired) electrons. The highest BCUT2D eigenvalue weighted by molar-refractivity contribution is 6.07. The molecule has 18 heavy (non-hydrogen) atoms. The van der Waals surface area contributed by atoms with E-state index in [0.29, 0.717) is 23.8 Å². The van der Waals surface area contributed by atoms with E-state index < -0.39 is 5.97 Å². The van der Waals surface area contributed by atoms with E-state index in [2.05, 4.69) is 5.32 Å². The number of hydrogen-bond acceptors (Lipinski definition) is 3. The third kappa shape index (κ3) is 2.30. The largest absolute Gasteiger partial charge is 0.478 e. The van der Waals surface area contributed by atoms with Crippen LogP contribution in [0.15, 0.2) is 18.2 Å². The SMILES string of the molecule is CC(C)CN1CC(=O)Nc2cccc(C(=O)O)c21. The molecule has 5 heteroatoms. The van der Waals surface area contributed by atoms with Gasteiger partial charge in [0.2, 0.25) is 5.91 Å². The number of fused-ring (bicyclic) bond motifs is 1. The number of nitrogens with one attached hydrogen (secondary N) is 1. The first-order chi connectivity index (χ1) is 8.49. The summed E-state index contributed by atoms with van der Waals surface area (Å²) in [5.74, 6) is -0.729. The number of para-hydroxylation sites is 1. The lowest BCUT2D eigenvalue weighted by Gasteiger charge is -2.33. The van der Waals surface area contributed by atoms with Crippen molar-refractivity contribution in [3.8, 4) is 0 Å². The minimum atomic E-state index is -0.975. The van der Waals surface area contributed by atoms with E-state index in [1.807, 2.05) is 18.7 Å². The van der Waals surface area contributed by atoms with Crippen LogP contribution in [0, 0.1) is 5.92 Å². The van der Waals surface area contributed by atoms with E-state index in [-0.39, 0.29) is 18.0 Å². The number of hydrogen-bond donors (Lipinski definition) is 2. The van der Waals surface area contributed by atoms with Gasteiger partial charge in [-0.05, 0) is 18.1 Å². The highest BCUT2D eigenvalue weighted by Gasteiger charge is 2.27. The molecule has 2 N–H and O–H groups in total. The fraction of sp³-hybridized carbons (Fsp3) is 0.385. The Morgan fingerprint density at radius 1 is 1.50 bits per heavy atom. The highest BCUT2D eigenvalue weighted by atomic mass is 16.4. The lowest BCUT2D eigenvalue weighted by molar-refractivity contribution is -0.115. The summed E-state index contributed by atoms with van der Waals surface area (Å²) in [6.07, 6.45) is 0. The minimum Gasteiger partial charge on any atom is -0.478 e. The first-order valence-electron chi connectivity index (χ1n) is 5.90. The Kier molecular flexibility index (Phi) is 3.23. The molecule has 0 bridgehead atoms. The third-order valence-corrected chi connectivity index (χ3v) is 2.78. The molecule has 1 aromatic carbocycles. The van der Waals surface area contributed by atoms with Crippen LogP contribution < -0.4 is 10.2 Å². The molecule has 5 nitrogen and oxygen atoms in total. The van der Waals surface area contributed by atoms with Crippen LogP contribution in [0.25, 0.3) is 0 Å². The Morgan fingerprint density at radius 2 is 2.22 bits per heavy atom. The summed E-state index contributed by atoms with van der Waals surface area (Å²) in [6, 6.07) is 4.93. The third-order valence-electron chi connectivity index (χ3n) is 2.78. The van der Waals surface area contributed by atoms with Crippen LogP contribution in [0.3, 0.4) is 0 Å². The second kappa shape index (κ2) is 4.68. The van der Waals surface area contributed by atoms with Gasteiger partial charge in [-0.1, -0.05) is 19.9 Å². The Labute approximate surface area is 105 Å². The topological polar surface area (TPSA) is 69.6 Å². The smallest absolute Gasteiger partial charge is 0.337 e. The summed E-state index contributed by atoms with van der Waals surface area (Å²) in [7, 11) is 0. The molecule has 0 unspecified atom stereocenters. The van der Waals surface area contributed by atoms with Crippen molar-refractivity contribution in [1.29, 1.82) is 0 Å². The molecular weight excluding hydrogens is 232 g/mol.